The van der Waals surface area contributed by atoms with E-state index in [1.54, 1.807) is 6.20 Å². The van der Waals surface area contributed by atoms with Gasteiger partial charge in [-0.1, -0.05) is 31.0 Å². The Hall–Kier alpha value is -2.36. The van der Waals surface area contributed by atoms with Crippen molar-refractivity contribution < 1.29 is 4.79 Å². The van der Waals surface area contributed by atoms with Crippen molar-refractivity contribution in [2.75, 3.05) is 10.6 Å². The molecular weight excluding hydrogens is 262 g/mol. The Morgan fingerprint density at radius 3 is 2.43 bits per heavy atom. The minimum atomic E-state index is 0.123. The molecule has 1 aliphatic carbocycles. The molecule has 108 valence electrons. The number of hydrogen-bond acceptors (Lipinski definition) is 3. The molecule has 1 aromatic carbocycles. The molecule has 1 aromatic heterocycles. The van der Waals surface area contributed by atoms with E-state index in [9.17, 15) is 4.79 Å². The quantitative estimate of drug-likeness (QED) is 0.892. The van der Waals surface area contributed by atoms with Crippen LogP contribution in [0.5, 0.6) is 0 Å². The number of carbonyl (C=O) groups excluding carboxylic acids is 1. The van der Waals surface area contributed by atoms with Crippen LogP contribution in [0.3, 0.4) is 0 Å². The lowest BCUT2D eigenvalue weighted by molar-refractivity contribution is -0.119. The lowest BCUT2D eigenvalue weighted by Crippen LogP contribution is -2.20. The summed E-state index contributed by atoms with van der Waals surface area (Å²) < 4.78 is 0. The van der Waals surface area contributed by atoms with E-state index in [1.807, 2.05) is 42.5 Å². The fourth-order valence-electron chi connectivity index (χ4n) is 2.64. The van der Waals surface area contributed by atoms with Gasteiger partial charge in [0.25, 0.3) is 0 Å². The topological polar surface area (TPSA) is 54.0 Å². The van der Waals surface area contributed by atoms with Crippen molar-refractivity contribution in [3.8, 4) is 0 Å². The first-order valence-electron chi connectivity index (χ1n) is 7.40. The molecule has 0 saturated heterocycles. The number of pyridine rings is 1. The van der Waals surface area contributed by atoms with Crippen molar-refractivity contribution in [1.29, 1.82) is 0 Å². The van der Waals surface area contributed by atoms with Crippen molar-refractivity contribution in [3.05, 3.63) is 48.7 Å². The third-order valence-corrected chi connectivity index (χ3v) is 3.80. The van der Waals surface area contributed by atoms with Gasteiger partial charge in [-0.2, -0.15) is 0 Å². The second-order valence-corrected chi connectivity index (χ2v) is 5.39. The van der Waals surface area contributed by atoms with Gasteiger partial charge in [0, 0.05) is 11.6 Å². The first-order valence-corrected chi connectivity index (χ1v) is 7.40. The number of anilines is 3. The Morgan fingerprint density at radius 1 is 1.00 bits per heavy atom. The van der Waals surface area contributed by atoms with Crippen molar-refractivity contribution in [3.63, 3.8) is 0 Å². The second kappa shape index (κ2) is 6.39. The second-order valence-electron chi connectivity index (χ2n) is 5.39. The van der Waals surface area contributed by atoms with E-state index in [0.717, 1.165) is 42.9 Å². The molecular formula is C17H19N3O. The van der Waals surface area contributed by atoms with Gasteiger partial charge in [-0.05, 0) is 37.1 Å². The average Bonchev–Trinajstić information content (AvgIpc) is 3.05. The van der Waals surface area contributed by atoms with Crippen LogP contribution in [0.4, 0.5) is 17.2 Å². The van der Waals surface area contributed by atoms with Gasteiger partial charge >= 0.3 is 0 Å². The van der Waals surface area contributed by atoms with Gasteiger partial charge in [0.2, 0.25) is 5.91 Å². The van der Waals surface area contributed by atoms with Crippen LogP contribution in [-0.4, -0.2) is 10.9 Å². The maximum atomic E-state index is 12.0. The molecule has 2 N–H and O–H groups in total. The summed E-state index contributed by atoms with van der Waals surface area (Å²) in [5, 5.41) is 6.16. The number of amides is 1. The number of hydrogen-bond donors (Lipinski definition) is 2. The van der Waals surface area contributed by atoms with E-state index < -0.39 is 0 Å². The molecule has 2 aromatic rings. The van der Waals surface area contributed by atoms with E-state index in [0.29, 0.717) is 0 Å². The summed E-state index contributed by atoms with van der Waals surface area (Å²) in [4.78, 5) is 16.4. The maximum Gasteiger partial charge on any atom is 0.227 e. The van der Waals surface area contributed by atoms with Crippen LogP contribution in [-0.2, 0) is 4.79 Å². The highest BCUT2D eigenvalue weighted by atomic mass is 16.1. The number of para-hydroxylation sites is 1. The number of nitrogens with one attached hydrogen (secondary N) is 2. The highest BCUT2D eigenvalue weighted by Gasteiger charge is 2.22. The van der Waals surface area contributed by atoms with Crippen LogP contribution in [0.2, 0.25) is 0 Å². The maximum absolute atomic E-state index is 12.0. The molecule has 1 fully saturated rings. The molecule has 0 bridgehead atoms. The van der Waals surface area contributed by atoms with Crippen LogP contribution in [0.15, 0.2) is 48.7 Å². The third kappa shape index (κ3) is 3.60. The molecule has 0 unspecified atom stereocenters. The average molecular weight is 281 g/mol. The summed E-state index contributed by atoms with van der Waals surface area (Å²) in [6.07, 6.45) is 6.03. The van der Waals surface area contributed by atoms with E-state index >= 15 is 0 Å². The summed E-state index contributed by atoms with van der Waals surface area (Å²) in [7, 11) is 0. The molecule has 4 nitrogen and oxygen atoms in total. The molecule has 0 spiro atoms. The zero-order chi connectivity index (χ0) is 14.5. The monoisotopic (exact) mass is 281 g/mol. The van der Waals surface area contributed by atoms with E-state index in [-0.39, 0.29) is 11.8 Å². The fourth-order valence-corrected chi connectivity index (χ4v) is 2.64. The highest BCUT2D eigenvalue weighted by molar-refractivity contribution is 5.92. The number of benzene rings is 1. The van der Waals surface area contributed by atoms with Crippen molar-refractivity contribution in [1.82, 2.24) is 4.98 Å². The van der Waals surface area contributed by atoms with Crippen molar-refractivity contribution in [2.45, 2.75) is 25.7 Å². The van der Waals surface area contributed by atoms with Crippen LogP contribution < -0.4 is 10.6 Å². The summed E-state index contributed by atoms with van der Waals surface area (Å²) >= 11 is 0. The molecule has 1 heterocycles. The molecule has 0 radical (unpaired) electrons. The lowest BCUT2D eigenvalue weighted by Gasteiger charge is -2.11. The number of carbonyl (C=O) groups is 1. The first-order chi connectivity index (χ1) is 10.3. The largest absolute Gasteiger partial charge is 0.340 e. The van der Waals surface area contributed by atoms with Gasteiger partial charge in [-0.25, -0.2) is 4.98 Å². The van der Waals surface area contributed by atoms with Gasteiger partial charge < -0.3 is 10.6 Å². The molecule has 1 amide bonds. The normalized spacial score (nSPS) is 14.9. The van der Waals surface area contributed by atoms with Crippen LogP contribution >= 0.6 is 0 Å². The lowest BCUT2D eigenvalue weighted by atomic mass is 10.1. The minimum Gasteiger partial charge on any atom is -0.340 e. The summed E-state index contributed by atoms with van der Waals surface area (Å²) in [5.74, 6) is 1.06. The Morgan fingerprint density at radius 2 is 1.76 bits per heavy atom. The van der Waals surface area contributed by atoms with E-state index in [4.69, 9.17) is 0 Å². The van der Waals surface area contributed by atoms with Crippen LogP contribution in [0.1, 0.15) is 25.7 Å². The van der Waals surface area contributed by atoms with Crippen molar-refractivity contribution >= 4 is 23.1 Å². The SMILES string of the molecule is O=C(Nc1ccc(Nc2ccccc2)nc1)C1CCCC1. The summed E-state index contributed by atoms with van der Waals surface area (Å²) in [5.41, 5.74) is 1.75. The van der Waals surface area contributed by atoms with Gasteiger partial charge in [0.05, 0.1) is 11.9 Å². The van der Waals surface area contributed by atoms with Gasteiger partial charge in [-0.3, -0.25) is 4.79 Å². The van der Waals surface area contributed by atoms with Gasteiger partial charge in [0.15, 0.2) is 0 Å². The van der Waals surface area contributed by atoms with Gasteiger partial charge in [0.1, 0.15) is 5.82 Å². The summed E-state index contributed by atoms with van der Waals surface area (Å²) in [6, 6.07) is 13.6. The highest BCUT2D eigenvalue weighted by Crippen LogP contribution is 2.26. The number of nitrogens with zero attached hydrogens (tertiary/aromatic N) is 1. The molecule has 4 heteroatoms. The molecule has 1 saturated carbocycles. The first kappa shape index (κ1) is 13.6. The summed E-state index contributed by atoms with van der Waals surface area (Å²) in [6.45, 7) is 0. The zero-order valence-corrected chi connectivity index (χ0v) is 11.9. The standard InChI is InChI=1S/C17H19N3O/c21-17(13-6-4-5-7-13)20-15-10-11-16(18-12-15)19-14-8-2-1-3-9-14/h1-3,8-13H,4-7H2,(H,18,19)(H,20,21). The molecule has 0 atom stereocenters. The Bertz CT molecular complexity index is 589. The number of aromatic nitrogens is 1. The van der Waals surface area contributed by atoms with Crippen molar-refractivity contribution in [2.24, 2.45) is 5.92 Å². The molecule has 3 rings (SSSR count). The molecule has 0 aliphatic heterocycles. The zero-order valence-electron chi connectivity index (χ0n) is 11.9. The predicted molar refractivity (Wildman–Crippen MR) is 84.5 cm³/mol. The van der Waals surface area contributed by atoms with E-state index in [1.165, 1.54) is 0 Å². The fraction of sp³-hybridized carbons (Fsp3) is 0.294. The molecule has 1 aliphatic rings. The minimum absolute atomic E-state index is 0.123. The van der Waals surface area contributed by atoms with E-state index in [2.05, 4.69) is 15.6 Å². The van der Waals surface area contributed by atoms with Crippen LogP contribution in [0.25, 0.3) is 0 Å². The third-order valence-electron chi connectivity index (χ3n) is 3.80. The Labute approximate surface area is 124 Å². The van der Waals surface area contributed by atoms with Gasteiger partial charge in [-0.15, -0.1) is 0 Å². The number of rotatable bonds is 4. The predicted octanol–water partition coefficient (Wildman–Crippen LogP) is 3.95. The Kier molecular flexibility index (Phi) is 4.15. The molecule has 21 heavy (non-hydrogen) atoms. The van der Waals surface area contributed by atoms with Crippen LogP contribution in [0, 0.1) is 5.92 Å². The Balaban J connectivity index is 1.60. The smallest absolute Gasteiger partial charge is 0.227 e.